The van der Waals surface area contributed by atoms with E-state index in [1.165, 1.54) is 26.3 Å². The van der Waals surface area contributed by atoms with Crippen LogP contribution in [0.1, 0.15) is 39.6 Å². The molecule has 0 radical (unpaired) electrons. The fraction of sp³-hybridized carbons (Fsp3) is 0.333. The molecule has 110 valence electrons. The zero-order valence-electron chi connectivity index (χ0n) is 13.0. The van der Waals surface area contributed by atoms with Gasteiger partial charge in [-0.25, -0.2) is 0 Å². The first-order valence-electron chi connectivity index (χ1n) is 7.39. The Hall–Kier alpha value is -1.58. The maximum absolute atomic E-state index is 6.16. The molecule has 1 aromatic carbocycles. The lowest BCUT2D eigenvalue weighted by molar-refractivity contribution is 0.480. The van der Waals surface area contributed by atoms with Gasteiger partial charge in [0.25, 0.3) is 0 Å². The molecule has 0 aliphatic rings. The topological polar surface area (TPSA) is 25.2 Å². The van der Waals surface area contributed by atoms with Crippen molar-refractivity contribution in [3.05, 3.63) is 57.0 Å². The predicted octanol–water partition coefficient (Wildman–Crippen LogP) is 5.12. The third kappa shape index (κ3) is 2.63. The van der Waals surface area contributed by atoms with Crippen LogP contribution in [-0.4, -0.2) is 6.54 Å². The minimum absolute atomic E-state index is 0.138. The Morgan fingerprint density at radius 1 is 1.14 bits per heavy atom. The van der Waals surface area contributed by atoms with Gasteiger partial charge in [0.1, 0.15) is 17.4 Å². The van der Waals surface area contributed by atoms with Crippen molar-refractivity contribution in [2.24, 2.45) is 0 Å². The Balaban J connectivity index is 2.08. The maximum Gasteiger partial charge on any atom is 0.137 e. The third-order valence-electron chi connectivity index (χ3n) is 3.92. The lowest BCUT2D eigenvalue weighted by Gasteiger charge is -2.13. The van der Waals surface area contributed by atoms with Gasteiger partial charge in [0.05, 0.1) is 0 Å². The summed E-state index contributed by atoms with van der Waals surface area (Å²) in [5.74, 6) is 1.00. The molecule has 3 heteroatoms. The molecule has 0 fully saturated rings. The van der Waals surface area contributed by atoms with E-state index in [1.807, 2.05) is 11.3 Å². The molecule has 21 heavy (non-hydrogen) atoms. The van der Waals surface area contributed by atoms with E-state index >= 15 is 0 Å². The lowest BCUT2D eigenvalue weighted by atomic mass is 10.1. The largest absolute Gasteiger partial charge is 0.459 e. The molecule has 0 aliphatic carbocycles. The van der Waals surface area contributed by atoms with Gasteiger partial charge in [-0.05, 0) is 50.6 Å². The summed E-state index contributed by atoms with van der Waals surface area (Å²) < 4.78 is 6.16. The normalized spacial score (nSPS) is 13.0. The monoisotopic (exact) mass is 299 g/mol. The summed E-state index contributed by atoms with van der Waals surface area (Å²) in [6, 6.07) is 10.9. The van der Waals surface area contributed by atoms with Crippen LogP contribution in [0.15, 0.2) is 34.7 Å². The first-order valence-corrected chi connectivity index (χ1v) is 8.21. The van der Waals surface area contributed by atoms with Gasteiger partial charge >= 0.3 is 0 Å². The Kier molecular flexibility index (Phi) is 3.87. The Morgan fingerprint density at radius 2 is 1.95 bits per heavy atom. The van der Waals surface area contributed by atoms with Crippen LogP contribution < -0.4 is 5.32 Å². The number of thiophene rings is 1. The van der Waals surface area contributed by atoms with Crippen molar-refractivity contribution in [3.8, 4) is 0 Å². The molecule has 3 rings (SSSR count). The zero-order valence-corrected chi connectivity index (χ0v) is 13.8. The summed E-state index contributed by atoms with van der Waals surface area (Å²) >= 11 is 1.85. The molecular weight excluding hydrogens is 278 g/mol. The molecule has 0 bridgehead atoms. The van der Waals surface area contributed by atoms with Crippen LogP contribution in [0, 0.1) is 20.8 Å². The Morgan fingerprint density at radius 3 is 2.57 bits per heavy atom. The zero-order chi connectivity index (χ0) is 15.0. The molecule has 0 saturated carbocycles. The van der Waals surface area contributed by atoms with Gasteiger partial charge in [-0.2, -0.15) is 0 Å². The quantitative estimate of drug-likeness (QED) is 0.723. The highest BCUT2D eigenvalue weighted by molar-refractivity contribution is 7.12. The molecule has 1 atom stereocenters. The third-order valence-corrected chi connectivity index (χ3v) is 5.14. The van der Waals surface area contributed by atoms with Crippen LogP contribution in [0.3, 0.4) is 0 Å². The molecule has 0 amide bonds. The minimum atomic E-state index is 0.138. The summed E-state index contributed by atoms with van der Waals surface area (Å²) in [5.41, 5.74) is 3.54. The van der Waals surface area contributed by atoms with Gasteiger partial charge in [-0.3, -0.25) is 0 Å². The number of hydrogen-bond donors (Lipinski definition) is 1. The number of fused-ring (bicyclic) bond motifs is 1. The maximum atomic E-state index is 6.16. The molecule has 0 aliphatic heterocycles. The van der Waals surface area contributed by atoms with E-state index in [4.69, 9.17) is 4.42 Å². The van der Waals surface area contributed by atoms with E-state index in [-0.39, 0.29) is 6.04 Å². The van der Waals surface area contributed by atoms with Gasteiger partial charge in [0.15, 0.2) is 0 Å². The number of furan rings is 1. The van der Waals surface area contributed by atoms with Crippen LogP contribution in [0.25, 0.3) is 11.0 Å². The fourth-order valence-corrected chi connectivity index (χ4v) is 3.79. The second kappa shape index (κ2) is 5.66. The van der Waals surface area contributed by atoms with E-state index < -0.39 is 0 Å². The van der Waals surface area contributed by atoms with E-state index in [0.717, 1.165) is 17.9 Å². The van der Waals surface area contributed by atoms with E-state index in [1.54, 1.807) is 0 Å². The highest BCUT2D eigenvalue weighted by atomic mass is 32.1. The predicted molar refractivity (Wildman–Crippen MR) is 90.3 cm³/mol. The van der Waals surface area contributed by atoms with Gasteiger partial charge in [0.2, 0.25) is 0 Å². The fourth-order valence-electron chi connectivity index (χ4n) is 2.66. The van der Waals surface area contributed by atoms with Crippen molar-refractivity contribution in [1.82, 2.24) is 5.32 Å². The lowest BCUT2D eigenvalue weighted by Crippen LogP contribution is -2.20. The molecule has 2 nitrogen and oxygen atoms in total. The van der Waals surface area contributed by atoms with E-state index in [0.29, 0.717) is 0 Å². The summed E-state index contributed by atoms with van der Waals surface area (Å²) in [6.07, 6.45) is 0. The average Bonchev–Trinajstić information content (AvgIpc) is 3.01. The number of benzene rings is 1. The number of aryl methyl sites for hydroxylation is 3. The van der Waals surface area contributed by atoms with Crippen molar-refractivity contribution in [1.29, 1.82) is 0 Å². The highest BCUT2D eigenvalue weighted by Crippen LogP contribution is 2.34. The minimum Gasteiger partial charge on any atom is -0.459 e. The molecule has 2 heterocycles. The molecule has 0 saturated heterocycles. The SMILES string of the molecule is CCNC(c1cc2cccc(C)c2o1)c1cc(C)c(C)s1. The van der Waals surface area contributed by atoms with Gasteiger partial charge in [-0.15, -0.1) is 11.3 Å². The van der Waals surface area contributed by atoms with E-state index in [9.17, 15) is 0 Å². The number of rotatable bonds is 4. The van der Waals surface area contributed by atoms with Crippen LogP contribution >= 0.6 is 11.3 Å². The number of hydrogen-bond acceptors (Lipinski definition) is 3. The van der Waals surface area contributed by atoms with Crippen molar-refractivity contribution in [3.63, 3.8) is 0 Å². The highest BCUT2D eigenvalue weighted by Gasteiger charge is 2.20. The van der Waals surface area contributed by atoms with Crippen molar-refractivity contribution in [2.75, 3.05) is 6.54 Å². The number of nitrogens with one attached hydrogen (secondary N) is 1. The average molecular weight is 299 g/mol. The molecule has 3 aromatic rings. The van der Waals surface area contributed by atoms with Crippen LogP contribution in [0.5, 0.6) is 0 Å². The van der Waals surface area contributed by atoms with Crippen LogP contribution in [0.4, 0.5) is 0 Å². The molecule has 2 aromatic heterocycles. The van der Waals surface area contributed by atoms with Crippen molar-refractivity contribution < 1.29 is 4.42 Å². The first-order chi connectivity index (χ1) is 10.1. The first kappa shape index (κ1) is 14.4. The Bertz CT molecular complexity index is 749. The number of para-hydroxylation sites is 1. The summed E-state index contributed by atoms with van der Waals surface area (Å²) in [7, 11) is 0. The molecule has 0 spiro atoms. The molecular formula is C18H21NOS. The second-order valence-corrected chi connectivity index (χ2v) is 6.81. The Labute approximate surface area is 129 Å². The second-order valence-electron chi connectivity index (χ2n) is 5.52. The van der Waals surface area contributed by atoms with E-state index in [2.05, 4.69) is 63.3 Å². The van der Waals surface area contributed by atoms with Crippen LogP contribution in [-0.2, 0) is 0 Å². The summed E-state index contributed by atoms with van der Waals surface area (Å²) in [6.45, 7) is 9.48. The molecule has 1 unspecified atom stereocenters. The van der Waals surface area contributed by atoms with Gasteiger partial charge in [0, 0.05) is 15.1 Å². The molecule has 1 N–H and O–H groups in total. The summed E-state index contributed by atoms with van der Waals surface area (Å²) in [5, 5.41) is 4.73. The standard InChI is InChI=1S/C18H21NOS/c1-5-19-17(16-9-12(3)13(4)21-16)15-10-14-8-6-7-11(2)18(14)20-15/h6-10,17,19H,5H2,1-4H3. The summed E-state index contributed by atoms with van der Waals surface area (Å²) in [4.78, 5) is 2.70. The van der Waals surface area contributed by atoms with Crippen LogP contribution in [0.2, 0.25) is 0 Å². The van der Waals surface area contributed by atoms with Gasteiger partial charge in [-0.1, -0.05) is 25.1 Å². The smallest absolute Gasteiger partial charge is 0.137 e. The van der Waals surface area contributed by atoms with Crippen molar-refractivity contribution in [2.45, 2.75) is 33.7 Å². The van der Waals surface area contributed by atoms with Crippen molar-refractivity contribution >= 4 is 22.3 Å². The van der Waals surface area contributed by atoms with Gasteiger partial charge < -0.3 is 9.73 Å².